The third-order valence-electron chi connectivity index (χ3n) is 3.44. The Labute approximate surface area is 131 Å². The van der Waals surface area contributed by atoms with Crippen LogP contribution in [0.25, 0.3) is 4.95 Å². The van der Waals surface area contributed by atoms with Gasteiger partial charge in [-0.05, 0) is 23.8 Å². The van der Waals surface area contributed by atoms with E-state index in [2.05, 4.69) is 9.95 Å². The van der Waals surface area contributed by atoms with E-state index in [4.69, 9.17) is 18.2 Å². The zero-order chi connectivity index (χ0) is 15.7. The highest BCUT2D eigenvalue weighted by Crippen LogP contribution is 2.32. The number of nitrogens with zero attached hydrogens (tertiary/aromatic N) is 3. The minimum atomic E-state index is -0.743. The molecular weight excluding hydrogens is 308 g/mol. The van der Waals surface area contributed by atoms with Crippen LogP contribution in [0.15, 0.2) is 47.5 Å². The number of hydrogen-bond donors (Lipinski definition) is 0. The van der Waals surface area contributed by atoms with Gasteiger partial charge in [0.05, 0.1) is 5.56 Å². The zero-order valence-corrected chi connectivity index (χ0v) is 12.1. The minimum absolute atomic E-state index is 0.00415. The summed E-state index contributed by atoms with van der Waals surface area (Å²) in [6, 6.07) is 10.2. The maximum atomic E-state index is 13.9. The Morgan fingerprint density at radius 1 is 1.14 bits per heavy atom. The van der Waals surface area contributed by atoms with Gasteiger partial charge in [-0.15, -0.1) is 0 Å². The van der Waals surface area contributed by atoms with Gasteiger partial charge < -0.3 is 0 Å². The Kier molecular flexibility index (Phi) is 3.78. The SMILES string of the molecule is [C-]#[N+]N1CC(c2ccccc2Cl)N=C1c1c(F)cccc1F. The lowest BCUT2D eigenvalue weighted by Gasteiger charge is -2.08. The second-order valence-corrected chi connectivity index (χ2v) is 5.18. The average molecular weight is 318 g/mol. The van der Waals surface area contributed by atoms with Crippen molar-refractivity contribution in [2.45, 2.75) is 6.04 Å². The van der Waals surface area contributed by atoms with Crippen molar-refractivity contribution in [1.82, 2.24) is 5.01 Å². The quantitative estimate of drug-likeness (QED) is 0.758. The molecule has 2 aromatic rings. The van der Waals surface area contributed by atoms with E-state index < -0.39 is 17.7 Å². The van der Waals surface area contributed by atoms with Crippen LogP contribution in [0.2, 0.25) is 5.02 Å². The standard InChI is InChI=1S/C16H10ClF2N3/c1-20-22-9-14(10-5-2-3-6-11(10)17)21-16(22)15-12(18)7-4-8-13(15)19/h2-8,14H,9H2. The van der Waals surface area contributed by atoms with E-state index in [1.54, 1.807) is 24.3 Å². The van der Waals surface area contributed by atoms with Crippen LogP contribution in [0.3, 0.4) is 0 Å². The van der Waals surface area contributed by atoms with E-state index in [0.29, 0.717) is 5.02 Å². The molecule has 0 fully saturated rings. The van der Waals surface area contributed by atoms with Crippen molar-refractivity contribution in [2.75, 3.05) is 6.54 Å². The molecule has 3 rings (SSSR count). The third kappa shape index (κ3) is 2.42. The molecule has 0 radical (unpaired) electrons. The lowest BCUT2D eigenvalue weighted by Crippen LogP contribution is -2.23. The molecule has 0 saturated carbocycles. The highest BCUT2D eigenvalue weighted by Gasteiger charge is 2.35. The molecule has 22 heavy (non-hydrogen) atoms. The monoisotopic (exact) mass is 317 g/mol. The van der Waals surface area contributed by atoms with Gasteiger partial charge in [0.25, 0.3) is 0 Å². The van der Waals surface area contributed by atoms with Crippen molar-refractivity contribution in [3.63, 3.8) is 0 Å². The molecular formula is C16H10ClF2N3. The molecule has 1 aliphatic rings. The summed E-state index contributed by atoms with van der Waals surface area (Å²) in [7, 11) is 0. The van der Waals surface area contributed by atoms with Crippen LogP contribution in [0.5, 0.6) is 0 Å². The first-order valence-corrected chi connectivity index (χ1v) is 6.91. The van der Waals surface area contributed by atoms with Crippen molar-refractivity contribution < 1.29 is 8.78 Å². The van der Waals surface area contributed by atoms with E-state index in [1.165, 1.54) is 6.07 Å². The summed E-state index contributed by atoms with van der Waals surface area (Å²) in [6.07, 6.45) is 0. The maximum Gasteiger partial charge on any atom is 0.211 e. The second kappa shape index (κ2) is 5.74. The Balaban J connectivity index is 2.09. The first-order valence-electron chi connectivity index (χ1n) is 6.53. The number of halogens is 3. The molecule has 0 N–H and O–H groups in total. The van der Waals surface area contributed by atoms with Crippen LogP contribution in [0.1, 0.15) is 17.2 Å². The maximum absolute atomic E-state index is 13.9. The first kappa shape index (κ1) is 14.5. The van der Waals surface area contributed by atoms with Crippen LogP contribution in [0, 0.1) is 18.2 Å². The molecule has 110 valence electrons. The van der Waals surface area contributed by atoms with Crippen molar-refractivity contribution in [2.24, 2.45) is 4.99 Å². The van der Waals surface area contributed by atoms with Gasteiger partial charge in [-0.3, -0.25) is 4.99 Å². The van der Waals surface area contributed by atoms with E-state index in [0.717, 1.165) is 22.7 Å². The molecule has 1 atom stereocenters. The van der Waals surface area contributed by atoms with Crippen LogP contribution in [0.4, 0.5) is 8.78 Å². The largest absolute Gasteiger partial charge is 0.252 e. The lowest BCUT2D eigenvalue weighted by molar-refractivity contribution is 0.533. The van der Waals surface area contributed by atoms with Gasteiger partial charge in [0.2, 0.25) is 5.84 Å². The van der Waals surface area contributed by atoms with Gasteiger partial charge in [-0.2, -0.15) is 11.5 Å². The number of benzene rings is 2. The smallest absolute Gasteiger partial charge is 0.211 e. The normalized spacial score (nSPS) is 17.3. The number of amidine groups is 1. The van der Waals surface area contributed by atoms with Gasteiger partial charge in [0.1, 0.15) is 24.2 Å². The molecule has 1 aliphatic heterocycles. The summed E-state index contributed by atoms with van der Waals surface area (Å²) in [5.41, 5.74) is 0.442. The molecule has 6 heteroatoms. The minimum Gasteiger partial charge on any atom is -0.252 e. The van der Waals surface area contributed by atoms with Crippen molar-refractivity contribution >= 4 is 17.4 Å². The first-order chi connectivity index (χ1) is 10.6. The molecule has 1 unspecified atom stereocenters. The fraction of sp³-hybridized carbons (Fsp3) is 0.125. The number of aliphatic imine (C=N–C) groups is 1. The van der Waals surface area contributed by atoms with Crippen molar-refractivity contribution in [1.29, 1.82) is 0 Å². The van der Waals surface area contributed by atoms with Gasteiger partial charge >= 0.3 is 0 Å². The molecule has 1 heterocycles. The summed E-state index contributed by atoms with van der Waals surface area (Å²) in [6.45, 7) is 7.42. The summed E-state index contributed by atoms with van der Waals surface area (Å²) in [4.78, 5) is 7.64. The average Bonchev–Trinajstić information content (AvgIpc) is 2.91. The fourth-order valence-corrected chi connectivity index (χ4v) is 2.67. The predicted octanol–water partition coefficient (Wildman–Crippen LogP) is 4.26. The van der Waals surface area contributed by atoms with Crippen LogP contribution >= 0.6 is 11.6 Å². The van der Waals surface area contributed by atoms with Crippen molar-refractivity contribution in [3.05, 3.63) is 81.8 Å². The molecule has 0 spiro atoms. The van der Waals surface area contributed by atoms with Gasteiger partial charge in [0.15, 0.2) is 0 Å². The van der Waals surface area contributed by atoms with Gasteiger partial charge in [-0.1, -0.05) is 40.9 Å². The molecule has 0 saturated heterocycles. The third-order valence-corrected chi connectivity index (χ3v) is 3.78. The number of hydrogen-bond acceptors (Lipinski definition) is 2. The predicted molar refractivity (Wildman–Crippen MR) is 80.4 cm³/mol. The Morgan fingerprint density at radius 3 is 2.45 bits per heavy atom. The zero-order valence-electron chi connectivity index (χ0n) is 11.3. The molecule has 0 bridgehead atoms. The highest BCUT2D eigenvalue weighted by molar-refractivity contribution is 6.31. The summed E-state index contributed by atoms with van der Waals surface area (Å²) in [5.74, 6) is -1.49. The van der Waals surface area contributed by atoms with Gasteiger partial charge in [-0.25, -0.2) is 8.78 Å². The highest BCUT2D eigenvalue weighted by atomic mass is 35.5. The Bertz CT molecular complexity index is 778. The van der Waals surface area contributed by atoms with E-state index in [9.17, 15) is 8.78 Å². The summed E-state index contributed by atoms with van der Waals surface area (Å²) in [5, 5.41) is 1.67. The fourth-order valence-electron chi connectivity index (χ4n) is 2.41. The topological polar surface area (TPSA) is 20.0 Å². The summed E-state index contributed by atoms with van der Waals surface area (Å²) < 4.78 is 27.9. The van der Waals surface area contributed by atoms with E-state index in [-0.39, 0.29) is 17.9 Å². The second-order valence-electron chi connectivity index (χ2n) is 4.77. The van der Waals surface area contributed by atoms with Crippen molar-refractivity contribution in [3.8, 4) is 0 Å². The number of rotatable bonds is 2. The molecule has 3 nitrogen and oxygen atoms in total. The molecule has 0 aromatic heterocycles. The Morgan fingerprint density at radius 2 is 1.82 bits per heavy atom. The van der Waals surface area contributed by atoms with Gasteiger partial charge in [0, 0.05) is 5.02 Å². The molecule has 0 aliphatic carbocycles. The van der Waals surface area contributed by atoms with E-state index >= 15 is 0 Å². The molecule has 2 aromatic carbocycles. The van der Waals surface area contributed by atoms with Crippen LogP contribution < -0.4 is 0 Å². The summed E-state index contributed by atoms with van der Waals surface area (Å²) >= 11 is 6.14. The van der Waals surface area contributed by atoms with E-state index in [1.807, 2.05) is 0 Å². The van der Waals surface area contributed by atoms with Crippen LogP contribution in [-0.2, 0) is 0 Å². The lowest BCUT2D eigenvalue weighted by atomic mass is 10.1. The molecule has 0 amide bonds. The Hall–Kier alpha value is -2.45. The van der Waals surface area contributed by atoms with Crippen LogP contribution in [-0.4, -0.2) is 17.4 Å².